The summed E-state index contributed by atoms with van der Waals surface area (Å²) < 4.78 is 13.8. The van der Waals surface area contributed by atoms with Crippen LogP contribution in [0.25, 0.3) is 0 Å². The molecule has 2 aromatic carbocycles. The first-order valence-corrected chi connectivity index (χ1v) is 6.53. The number of nitrogens with two attached hydrogens (primary N) is 1. The zero-order valence-electron chi connectivity index (χ0n) is 10.6. The van der Waals surface area contributed by atoms with Crippen molar-refractivity contribution in [3.05, 3.63) is 64.0 Å². The van der Waals surface area contributed by atoms with Gasteiger partial charge in [-0.3, -0.25) is 10.1 Å². The number of hydrogen-bond acceptors (Lipinski definition) is 5. The van der Waals surface area contributed by atoms with Gasteiger partial charge in [0.05, 0.1) is 10.5 Å². The first kappa shape index (κ1) is 14.8. The largest absolute Gasteiger partial charge is 0.409 e. The van der Waals surface area contributed by atoms with E-state index >= 15 is 0 Å². The van der Waals surface area contributed by atoms with Crippen LogP contribution >= 0.6 is 11.8 Å². The number of nitrogens with zero attached hydrogens (tertiary/aromatic N) is 2. The van der Waals surface area contributed by atoms with Crippen LogP contribution in [0.4, 0.5) is 10.1 Å². The Morgan fingerprint density at radius 1 is 1.29 bits per heavy atom. The predicted octanol–water partition coefficient (Wildman–Crippen LogP) is 2.98. The molecule has 0 radical (unpaired) electrons. The highest BCUT2D eigenvalue weighted by atomic mass is 32.2. The highest BCUT2D eigenvalue weighted by Gasteiger charge is 2.14. The van der Waals surface area contributed by atoms with Gasteiger partial charge in [0.15, 0.2) is 5.84 Å². The second kappa shape index (κ2) is 6.23. The summed E-state index contributed by atoms with van der Waals surface area (Å²) in [4.78, 5) is 11.2. The molecule has 8 heteroatoms. The van der Waals surface area contributed by atoms with Crippen LogP contribution in [0, 0.1) is 15.9 Å². The number of oxime groups is 1. The van der Waals surface area contributed by atoms with Crippen LogP contribution in [0.3, 0.4) is 0 Å². The van der Waals surface area contributed by atoms with Crippen LogP contribution in [0.15, 0.2) is 57.4 Å². The molecule has 6 nitrogen and oxygen atoms in total. The van der Waals surface area contributed by atoms with Gasteiger partial charge in [0, 0.05) is 21.9 Å². The number of hydrogen-bond donors (Lipinski definition) is 2. The molecule has 21 heavy (non-hydrogen) atoms. The molecule has 0 aliphatic carbocycles. The van der Waals surface area contributed by atoms with Gasteiger partial charge in [-0.05, 0) is 24.3 Å². The topological polar surface area (TPSA) is 102 Å². The van der Waals surface area contributed by atoms with Gasteiger partial charge in [0.25, 0.3) is 5.69 Å². The molecular weight excluding hydrogens is 297 g/mol. The van der Waals surface area contributed by atoms with Gasteiger partial charge in [0.1, 0.15) is 5.82 Å². The normalized spacial score (nSPS) is 11.4. The van der Waals surface area contributed by atoms with E-state index in [1.165, 1.54) is 24.3 Å². The monoisotopic (exact) mass is 307 g/mol. The van der Waals surface area contributed by atoms with E-state index < -0.39 is 10.7 Å². The molecule has 2 aromatic rings. The molecule has 3 N–H and O–H groups in total. The lowest BCUT2D eigenvalue weighted by Crippen LogP contribution is -2.16. The van der Waals surface area contributed by atoms with Gasteiger partial charge in [-0.15, -0.1) is 0 Å². The second-order valence-corrected chi connectivity index (χ2v) is 5.07. The van der Waals surface area contributed by atoms with Gasteiger partial charge < -0.3 is 10.9 Å². The predicted molar refractivity (Wildman–Crippen MR) is 76.1 cm³/mol. The van der Waals surface area contributed by atoms with Gasteiger partial charge in [-0.2, -0.15) is 0 Å². The molecule has 0 spiro atoms. The van der Waals surface area contributed by atoms with Crippen molar-refractivity contribution >= 4 is 23.3 Å². The zero-order chi connectivity index (χ0) is 15.4. The molecule has 0 unspecified atom stereocenters. The highest BCUT2D eigenvalue weighted by molar-refractivity contribution is 7.99. The van der Waals surface area contributed by atoms with Crippen LogP contribution in [0.2, 0.25) is 0 Å². The zero-order valence-corrected chi connectivity index (χ0v) is 11.4. The number of non-ortho nitro benzene ring substituents is 1. The molecule has 0 bridgehead atoms. The molecule has 0 fully saturated rings. The summed E-state index contributed by atoms with van der Waals surface area (Å²) in [5.74, 6) is -0.949. The summed E-state index contributed by atoms with van der Waals surface area (Å²) in [6.45, 7) is 0. The molecule has 0 saturated heterocycles. The number of rotatable bonds is 4. The second-order valence-electron chi connectivity index (χ2n) is 3.95. The number of halogens is 1. The van der Waals surface area contributed by atoms with Crippen molar-refractivity contribution in [3.63, 3.8) is 0 Å². The molecular formula is C13H10FN3O3S. The Labute approximate surface area is 123 Å². The minimum atomic E-state index is -0.614. The molecule has 0 aliphatic rings. The lowest BCUT2D eigenvalue weighted by atomic mass is 10.2. The summed E-state index contributed by atoms with van der Waals surface area (Å²) >= 11 is 1.16. The van der Waals surface area contributed by atoms with E-state index in [2.05, 4.69) is 5.16 Å². The van der Waals surface area contributed by atoms with Crippen LogP contribution in [-0.2, 0) is 0 Å². The standard InChI is InChI=1S/C13H10FN3O3S/c14-10-2-1-3-11(12(10)13(15)16-18)21-9-6-4-8(5-7-9)17(19)20/h1-7,18H,(H2,15,16). The van der Waals surface area contributed by atoms with Crippen molar-refractivity contribution in [2.45, 2.75) is 9.79 Å². The molecule has 0 aliphatic heterocycles. The average molecular weight is 307 g/mol. The van der Waals surface area contributed by atoms with Gasteiger partial charge in [-0.25, -0.2) is 4.39 Å². The van der Waals surface area contributed by atoms with E-state index in [-0.39, 0.29) is 17.1 Å². The van der Waals surface area contributed by atoms with Gasteiger partial charge >= 0.3 is 0 Å². The number of nitro groups is 1. The Bertz CT molecular complexity index is 704. The minimum absolute atomic E-state index is 0.0108. The first-order valence-electron chi connectivity index (χ1n) is 5.71. The summed E-state index contributed by atoms with van der Waals surface area (Å²) in [5, 5.41) is 22.1. The van der Waals surface area contributed by atoms with Crippen molar-refractivity contribution in [3.8, 4) is 0 Å². The van der Waals surface area contributed by atoms with Crippen LogP contribution < -0.4 is 5.73 Å². The molecule has 0 aromatic heterocycles. The smallest absolute Gasteiger partial charge is 0.269 e. The Hall–Kier alpha value is -2.61. The lowest BCUT2D eigenvalue weighted by Gasteiger charge is -2.08. The Morgan fingerprint density at radius 2 is 1.95 bits per heavy atom. The van der Waals surface area contributed by atoms with Crippen molar-refractivity contribution in [2.75, 3.05) is 0 Å². The molecule has 0 saturated carbocycles. The molecule has 0 heterocycles. The molecule has 108 valence electrons. The van der Waals surface area contributed by atoms with Gasteiger partial charge in [-0.1, -0.05) is 23.0 Å². The third-order valence-electron chi connectivity index (χ3n) is 2.61. The fourth-order valence-electron chi connectivity index (χ4n) is 1.65. The summed E-state index contributed by atoms with van der Waals surface area (Å²) in [6, 6.07) is 10.1. The average Bonchev–Trinajstić information content (AvgIpc) is 2.47. The summed E-state index contributed by atoms with van der Waals surface area (Å²) in [6.07, 6.45) is 0. The molecule has 0 amide bonds. The Morgan fingerprint density at radius 3 is 2.52 bits per heavy atom. The number of benzene rings is 2. The fraction of sp³-hybridized carbons (Fsp3) is 0. The Balaban J connectivity index is 2.35. The maximum Gasteiger partial charge on any atom is 0.269 e. The Kier molecular flexibility index (Phi) is 4.39. The van der Waals surface area contributed by atoms with E-state index in [9.17, 15) is 14.5 Å². The SMILES string of the molecule is NC(=NO)c1c(F)cccc1Sc1ccc([N+](=O)[O-])cc1. The van der Waals surface area contributed by atoms with Crippen LogP contribution in [-0.4, -0.2) is 16.0 Å². The summed E-state index contributed by atoms with van der Waals surface area (Å²) in [5.41, 5.74) is 5.43. The lowest BCUT2D eigenvalue weighted by molar-refractivity contribution is -0.384. The number of nitro benzene ring substituents is 1. The molecule has 0 atom stereocenters. The van der Waals surface area contributed by atoms with E-state index in [0.29, 0.717) is 9.79 Å². The van der Waals surface area contributed by atoms with Gasteiger partial charge in [0.2, 0.25) is 0 Å². The first-order chi connectivity index (χ1) is 10.0. The maximum atomic E-state index is 13.8. The quantitative estimate of drug-likeness (QED) is 0.297. The van der Waals surface area contributed by atoms with Crippen molar-refractivity contribution in [2.24, 2.45) is 10.9 Å². The van der Waals surface area contributed by atoms with Crippen molar-refractivity contribution in [1.82, 2.24) is 0 Å². The highest BCUT2D eigenvalue weighted by Crippen LogP contribution is 2.32. The third-order valence-corrected chi connectivity index (χ3v) is 3.68. The van der Waals surface area contributed by atoms with E-state index in [0.717, 1.165) is 11.8 Å². The van der Waals surface area contributed by atoms with Crippen molar-refractivity contribution < 1.29 is 14.5 Å². The maximum absolute atomic E-state index is 13.8. The molecule has 2 rings (SSSR count). The van der Waals surface area contributed by atoms with E-state index in [4.69, 9.17) is 10.9 Å². The number of amidine groups is 1. The van der Waals surface area contributed by atoms with Crippen LogP contribution in [0.1, 0.15) is 5.56 Å². The fourth-order valence-corrected chi connectivity index (χ4v) is 2.63. The van der Waals surface area contributed by atoms with E-state index in [1.54, 1.807) is 18.2 Å². The van der Waals surface area contributed by atoms with Crippen molar-refractivity contribution in [1.29, 1.82) is 0 Å². The minimum Gasteiger partial charge on any atom is -0.409 e. The van der Waals surface area contributed by atoms with E-state index in [1.807, 2.05) is 0 Å². The summed E-state index contributed by atoms with van der Waals surface area (Å²) in [7, 11) is 0. The third kappa shape index (κ3) is 3.29. The van der Waals surface area contributed by atoms with Crippen LogP contribution in [0.5, 0.6) is 0 Å².